The second-order valence-electron chi connectivity index (χ2n) is 4.31. The van der Waals surface area contributed by atoms with Crippen LogP contribution in [0.3, 0.4) is 0 Å². The Morgan fingerprint density at radius 3 is 2.47 bits per heavy atom. The lowest BCUT2D eigenvalue weighted by molar-refractivity contribution is 0.170. The first kappa shape index (κ1) is 13.9. The summed E-state index contributed by atoms with van der Waals surface area (Å²) in [5, 5.41) is 7.66. The van der Waals surface area contributed by atoms with Crippen molar-refractivity contribution in [3.63, 3.8) is 0 Å². The third-order valence-corrected chi connectivity index (χ3v) is 3.51. The van der Waals surface area contributed by atoms with Crippen molar-refractivity contribution in [1.29, 1.82) is 5.41 Å². The number of thioether (sulfide) groups is 1. The Bertz CT molecular complexity index is 404. The molecule has 0 fully saturated rings. The quantitative estimate of drug-likeness (QED) is 0.481. The van der Waals surface area contributed by atoms with E-state index in [2.05, 4.69) is 13.8 Å². The molecule has 0 spiro atoms. The summed E-state index contributed by atoms with van der Waals surface area (Å²) in [5.41, 5.74) is 6.33. The first-order chi connectivity index (χ1) is 7.97. The van der Waals surface area contributed by atoms with Crippen LogP contribution in [-0.4, -0.2) is 18.2 Å². The van der Waals surface area contributed by atoms with Gasteiger partial charge in [0.1, 0.15) is 11.6 Å². The van der Waals surface area contributed by atoms with Gasteiger partial charge >= 0.3 is 0 Å². The zero-order valence-electron chi connectivity index (χ0n) is 10.8. The molecule has 0 saturated heterocycles. The molecule has 0 aliphatic heterocycles. The summed E-state index contributed by atoms with van der Waals surface area (Å²) in [4.78, 5) is 0.978. The van der Waals surface area contributed by atoms with Gasteiger partial charge in [0.05, 0.1) is 11.7 Å². The van der Waals surface area contributed by atoms with Crippen LogP contribution in [0.5, 0.6) is 5.75 Å². The molecule has 1 aromatic rings. The monoisotopic (exact) mass is 252 g/mol. The fourth-order valence-corrected chi connectivity index (χ4v) is 2.01. The van der Waals surface area contributed by atoms with Crippen molar-refractivity contribution >= 4 is 17.6 Å². The largest absolute Gasteiger partial charge is 0.490 e. The number of rotatable bonds is 5. The van der Waals surface area contributed by atoms with Gasteiger partial charge in [0.25, 0.3) is 0 Å². The standard InChI is InChI=1S/C13H20N2OS/c1-8(2)9(3)16-10-6-5-7-11(17-4)12(10)13(14)15/h5-9H,1-4H3,(H3,14,15). The summed E-state index contributed by atoms with van der Waals surface area (Å²) in [6.45, 7) is 6.24. The molecule has 0 radical (unpaired) electrons. The highest BCUT2D eigenvalue weighted by Gasteiger charge is 2.15. The van der Waals surface area contributed by atoms with Crippen LogP contribution in [0, 0.1) is 11.3 Å². The van der Waals surface area contributed by atoms with Crippen LogP contribution in [-0.2, 0) is 0 Å². The summed E-state index contributed by atoms with van der Waals surface area (Å²) in [7, 11) is 0. The number of hydrogen-bond donors (Lipinski definition) is 2. The topological polar surface area (TPSA) is 59.1 Å². The Morgan fingerprint density at radius 2 is 2.00 bits per heavy atom. The van der Waals surface area contributed by atoms with Crippen molar-refractivity contribution in [2.75, 3.05) is 6.26 Å². The summed E-state index contributed by atoms with van der Waals surface area (Å²) >= 11 is 1.57. The molecule has 0 heterocycles. The molecule has 0 amide bonds. The maximum Gasteiger partial charge on any atom is 0.131 e. The molecule has 17 heavy (non-hydrogen) atoms. The Labute approximate surface area is 107 Å². The normalized spacial score (nSPS) is 12.5. The molecule has 3 N–H and O–H groups in total. The third-order valence-electron chi connectivity index (χ3n) is 2.73. The Hall–Kier alpha value is -1.16. The van der Waals surface area contributed by atoms with Gasteiger partial charge in [0.15, 0.2) is 0 Å². The molecule has 1 unspecified atom stereocenters. The molecule has 1 atom stereocenters. The van der Waals surface area contributed by atoms with E-state index in [-0.39, 0.29) is 11.9 Å². The Kier molecular flexibility index (Phi) is 4.87. The second kappa shape index (κ2) is 5.96. The number of benzene rings is 1. The first-order valence-corrected chi connectivity index (χ1v) is 6.88. The lowest BCUT2D eigenvalue weighted by Gasteiger charge is -2.21. The van der Waals surface area contributed by atoms with Crippen molar-refractivity contribution in [3.8, 4) is 5.75 Å². The lowest BCUT2D eigenvalue weighted by Crippen LogP contribution is -2.22. The number of amidine groups is 1. The molecule has 0 aromatic heterocycles. The van der Waals surface area contributed by atoms with Gasteiger partial charge in [-0.05, 0) is 31.2 Å². The number of hydrogen-bond acceptors (Lipinski definition) is 3. The molecule has 0 aliphatic rings. The Morgan fingerprint density at radius 1 is 1.35 bits per heavy atom. The third kappa shape index (κ3) is 3.40. The Balaban J connectivity index is 3.10. The van der Waals surface area contributed by atoms with Gasteiger partial charge in [-0.15, -0.1) is 11.8 Å². The number of nitrogens with two attached hydrogens (primary N) is 1. The lowest BCUT2D eigenvalue weighted by atomic mass is 10.1. The minimum Gasteiger partial charge on any atom is -0.490 e. The number of nitrogens with one attached hydrogen (secondary N) is 1. The van der Waals surface area contributed by atoms with E-state index in [1.54, 1.807) is 11.8 Å². The van der Waals surface area contributed by atoms with Crippen LogP contribution in [0.2, 0.25) is 0 Å². The zero-order valence-corrected chi connectivity index (χ0v) is 11.6. The number of ether oxygens (including phenoxy) is 1. The maximum atomic E-state index is 7.66. The van der Waals surface area contributed by atoms with Crippen molar-refractivity contribution in [3.05, 3.63) is 23.8 Å². The smallest absolute Gasteiger partial charge is 0.131 e. The van der Waals surface area contributed by atoms with Crippen LogP contribution in [0.25, 0.3) is 0 Å². The summed E-state index contributed by atoms with van der Waals surface area (Å²) in [6, 6.07) is 5.75. The van der Waals surface area contributed by atoms with E-state index in [4.69, 9.17) is 15.9 Å². The van der Waals surface area contributed by atoms with Gasteiger partial charge in [-0.25, -0.2) is 0 Å². The van der Waals surface area contributed by atoms with E-state index in [9.17, 15) is 0 Å². The van der Waals surface area contributed by atoms with E-state index < -0.39 is 0 Å². The number of nitrogen functional groups attached to an aromatic ring is 1. The van der Waals surface area contributed by atoms with Crippen LogP contribution < -0.4 is 10.5 Å². The first-order valence-electron chi connectivity index (χ1n) is 5.65. The molecule has 0 aliphatic carbocycles. The summed E-state index contributed by atoms with van der Waals surface area (Å²) < 4.78 is 5.88. The zero-order chi connectivity index (χ0) is 13.0. The molecule has 1 rings (SSSR count). The van der Waals surface area contributed by atoms with Gasteiger partial charge in [-0.2, -0.15) is 0 Å². The van der Waals surface area contributed by atoms with Gasteiger partial charge in [-0.1, -0.05) is 19.9 Å². The van der Waals surface area contributed by atoms with Crippen LogP contribution in [0.1, 0.15) is 26.3 Å². The second-order valence-corrected chi connectivity index (χ2v) is 5.16. The highest BCUT2D eigenvalue weighted by molar-refractivity contribution is 7.98. The molecule has 0 bridgehead atoms. The molecular weight excluding hydrogens is 232 g/mol. The van der Waals surface area contributed by atoms with Crippen molar-refractivity contribution < 1.29 is 4.74 Å². The van der Waals surface area contributed by atoms with Crippen LogP contribution in [0.4, 0.5) is 0 Å². The molecule has 3 nitrogen and oxygen atoms in total. The van der Waals surface area contributed by atoms with Crippen LogP contribution >= 0.6 is 11.8 Å². The average molecular weight is 252 g/mol. The molecule has 4 heteroatoms. The molecule has 1 aromatic carbocycles. The van der Waals surface area contributed by atoms with Crippen molar-refractivity contribution in [1.82, 2.24) is 0 Å². The van der Waals surface area contributed by atoms with Gasteiger partial charge in [0, 0.05) is 4.90 Å². The van der Waals surface area contributed by atoms with E-state index in [0.717, 1.165) is 4.90 Å². The van der Waals surface area contributed by atoms with Crippen molar-refractivity contribution in [2.45, 2.75) is 31.8 Å². The minimum absolute atomic E-state index is 0.0564. The highest BCUT2D eigenvalue weighted by atomic mass is 32.2. The SMILES string of the molecule is CSc1cccc(OC(C)C(C)C)c1C(=N)N. The highest BCUT2D eigenvalue weighted by Crippen LogP contribution is 2.29. The van der Waals surface area contributed by atoms with E-state index in [1.165, 1.54) is 0 Å². The maximum absolute atomic E-state index is 7.66. The fourth-order valence-electron chi connectivity index (χ4n) is 1.38. The van der Waals surface area contributed by atoms with Crippen LogP contribution in [0.15, 0.2) is 23.1 Å². The summed E-state index contributed by atoms with van der Waals surface area (Å²) in [6.07, 6.45) is 2.07. The van der Waals surface area contributed by atoms with Gasteiger partial charge in [-0.3, -0.25) is 5.41 Å². The average Bonchev–Trinajstić information content (AvgIpc) is 2.27. The summed E-state index contributed by atoms with van der Waals surface area (Å²) in [5.74, 6) is 1.18. The fraction of sp³-hybridized carbons (Fsp3) is 0.462. The molecular formula is C13H20N2OS. The van der Waals surface area contributed by atoms with E-state index in [1.807, 2.05) is 31.4 Å². The van der Waals surface area contributed by atoms with Gasteiger partial charge < -0.3 is 10.5 Å². The van der Waals surface area contributed by atoms with Crippen molar-refractivity contribution in [2.24, 2.45) is 11.7 Å². The van der Waals surface area contributed by atoms with E-state index >= 15 is 0 Å². The predicted octanol–water partition coefficient (Wildman–Crippen LogP) is 3.12. The molecule has 94 valence electrons. The van der Waals surface area contributed by atoms with E-state index in [0.29, 0.717) is 17.2 Å². The molecule has 0 saturated carbocycles. The minimum atomic E-state index is 0.0564. The predicted molar refractivity (Wildman–Crippen MR) is 74.2 cm³/mol. The van der Waals surface area contributed by atoms with Gasteiger partial charge in [0.2, 0.25) is 0 Å².